The van der Waals surface area contributed by atoms with Crippen LogP contribution in [0, 0.1) is 6.92 Å². The standard InChI is InChI=1S/C24H20F3N3O4S/c1-12(2)14-4-6-16(7-5-14)20(31)18-19(15-8-10-17(11-9-15)34-24(25,26)27)30(22(33)21(18)32)23-29-28-13(3)35-23/h4-12,19,32H,1-3H3. The number of ketones is 1. The van der Waals surface area contributed by atoms with Crippen LogP contribution in [0.3, 0.4) is 0 Å². The Labute approximate surface area is 202 Å². The maximum atomic E-state index is 13.5. The molecule has 0 spiro atoms. The van der Waals surface area contributed by atoms with Gasteiger partial charge in [0.05, 0.1) is 11.6 Å². The van der Waals surface area contributed by atoms with Crippen molar-refractivity contribution in [1.82, 2.24) is 10.2 Å². The lowest BCUT2D eigenvalue weighted by molar-refractivity contribution is -0.274. The van der Waals surface area contributed by atoms with Gasteiger partial charge >= 0.3 is 6.36 Å². The molecule has 0 aliphatic carbocycles. The lowest BCUT2D eigenvalue weighted by Crippen LogP contribution is -2.31. The highest BCUT2D eigenvalue weighted by atomic mass is 32.1. The van der Waals surface area contributed by atoms with Gasteiger partial charge in [0.15, 0.2) is 11.5 Å². The number of amides is 1. The Balaban J connectivity index is 1.78. The van der Waals surface area contributed by atoms with Gasteiger partial charge in [-0.05, 0) is 36.1 Å². The lowest BCUT2D eigenvalue weighted by Gasteiger charge is -2.24. The summed E-state index contributed by atoms with van der Waals surface area (Å²) in [5.74, 6) is -2.42. The van der Waals surface area contributed by atoms with Crippen LogP contribution in [0.2, 0.25) is 0 Å². The topological polar surface area (TPSA) is 92.6 Å². The van der Waals surface area contributed by atoms with E-state index in [1.54, 1.807) is 31.2 Å². The number of carbonyl (C=O) groups excluding carboxylic acids is 2. The zero-order chi connectivity index (χ0) is 25.5. The average molecular weight is 504 g/mol. The Morgan fingerprint density at radius 3 is 2.23 bits per heavy atom. The third kappa shape index (κ3) is 4.90. The molecular weight excluding hydrogens is 483 g/mol. The Morgan fingerprint density at radius 2 is 1.71 bits per heavy atom. The van der Waals surface area contributed by atoms with Gasteiger partial charge in [-0.15, -0.1) is 23.4 Å². The van der Waals surface area contributed by atoms with E-state index < -0.39 is 35.6 Å². The summed E-state index contributed by atoms with van der Waals surface area (Å²) < 4.78 is 41.7. The molecule has 0 saturated heterocycles. The second-order valence-electron chi connectivity index (χ2n) is 8.17. The molecule has 0 fully saturated rings. The summed E-state index contributed by atoms with van der Waals surface area (Å²) in [7, 11) is 0. The maximum Gasteiger partial charge on any atom is 0.573 e. The number of hydrogen-bond acceptors (Lipinski definition) is 7. The maximum absolute atomic E-state index is 13.5. The highest BCUT2D eigenvalue weighted by Crippen LogP contribution is 2.43. The summed E-state index contributed by atoms with van der Waals surface area (Å²) in [4.78, 5) is 27.7. The lowest BCUT2D eigenvalue weighted by atomic mass is 9.92. The van der Waals surface area contributed by atoms with Gasteiger partial charge in [-0.1, -0.05) is 61.6 Å². The molecule has 4 rings (SSSR count). The van der Waals surface area contributed by atoms with Crippen LogP contribution in [0.1, 0.15) is 52.3 Å². The van der Waals surface area contributed by atoms with Crippen LogP contribution in [-0.4, -0.2) is 33.4 Å². The van der Waals surface area contributed by atoms with Crippen LogP contribution >= 0.6 is 11.3 Å². The summed E-state index contributed by atoms with van der Waals surface area (Å²) in [5.41, 5.74) is 1.34. The Kier molecular flexibility index (Phi) is 6.37. The normalized spacial score (nSPS) is 16.4. The number of anilines is 1. The second kappa shape index (κ2) is 9.14. The summed E-state index contributed by atoms with van der Waals surface area (Å²) in [6, 6.07) is 10.4. The number of alkyl halides is 3. The van der Waals surface area contributed by atoms with Crippen LogP contribution in [0.15, 0.2) is 59.9 Å². The van der Waals surface area contributed by atoms with Crippen molar-refractivity contribution in [3.63, 3.8) is 0 Å². The number of halogens is 3. The number of rotatable bonds is 6. The van der Waals surface area contributed by atoms with E-state index in [1.807, 2.05) is 13.8 Å². The first-order chi connectivity index (χ1) is 16.5. The third-order valence-corrected chi connectivity index (χ3v) is 6.28. The Hall–Kier alpha value is -3.73. The van der Waals surface area contributed by atoms with Crippen molar-refractivity contribution in [2.45, 2.75) is 39.1 Å². The number of hydrogen-bond donors (Lipinski definition) is 1. The number of nitrogens with zero attached hydrogens (tertiary/aromatic N) is 3. The SMILES string of the molecule is Cc1nnc(N2C(=O)C(O)=C(C(=O)c3ccc(C(C)C)cc3)C2c2ccc(OC(F)(F)F)cc2)s1. The molecule has 3 aromatic rings. The first kappa shape index (κ1) is 24.4. The van der Waals surface area contributed by atoms with E-state index in [0.29, 0.717) is 5.01 Å². The molecule has 35 heavy (non-hydrogen) atoms. The number of benzene rings is 2. The molecule has 1 aliphatic heterocycles. The minimum atomic E-state index is -4.87. The van der Waals surface area contributed by atoms with Crippen LogP contribution in [0.25, 0.3) is 0 Å². The summed E-state index contributed by atoms with van der Waals surface area (Å²) >= 11 is 1.08. The fourth-order valence-corrected chi connectivity index (χ4v) is 4.47. The van der Waals surface area contributed by atoms with Crippen molar-refractivity contribution in [2.24, 2.45) is 0 Å². The van der Waals surface area contributed by atoms with Crippen LogP contribution in [0.5, 0.6) is 5.75 Å². The number of aliphatic hydroxyl groups excluding tert-OH is 1. The number of aromatic nitrogens is 2. The predicted octanol–water partition coefficient (Wildman–Crippen LogP) is 5.65. The largest absolute Gasteiger partial charge is 0.573 e. The smallest absolute Gasteiger partial charge is 0.503 e. The van der Waals surface area contributed by atoms with E-state index in [1.165, 1.54) is 12.1 Å². The van der Waals surface area contributed by atoms with E-state index in [0.717, 1.165) is 33.9 Å². The average Bonchev–Trinajstić information content (AvgIpc) is 3.33. The van der Waals surface area contributed by atoms with Crippen molar-refractivity contribution in [2.75, 3.05) is 4.90 Å². The molecule has 1 aliphatic rings. The zero-order valence-corrected chi connectivity index (χ0v) is 19.6. The number of Topliss-reactive ketones (excluding diaryl/α,β-unsaturated/α-hetero) is 1. The highest BCUT2D eigenvalue weighted by Gasteiger charge is 2.46. The molecule has 1 amide bonds. The van der Waals surface area contributed by atoms with Crippen molar-refractivity contribution in [3.8, 4) is 5.75 Å². The number of carbonyl (C=O) groups is 2. The van der Waals surface area contributed by atoms with Gasteiger partial charge in [0, 0.05) is 5.56 Å². The van der Waals surface area contributed by atoms with E-state index >= 15 is 0 Å². The predicted molar refractivity (Wildman–Crippen MR) is 123 cm³/mol. The molecular formula is C24H20F3N3O4S. The van der Waals surface area contributed by atoms with Crippen LogP contribution in [-0.2, 0) is 4.79 Å². The van der Waals surface area contributed by atoms with Crippen molar-refractivity contribution < 1.29 is 32.6 Å². The van der Waals surface area contributed by atoms with Crippen molar-refractivity contribution >= 4 is 28.2 Å². The van der Waals surface area contributed by atoms with Crippen LogP contribution in [0.4, 0.5) is 18.3 Å². The first-order valence-corrected chi connectivity index (χ1v) is 11.3. The first-order valence-electron chi connectivity index (χ1n) is 10.5. The van der Waals surface area contributed by atoms with Gasteiger partial charge < -0.3 is 9.84 Å². The fraction of sp³-hybridized carbons (Fsp3) is 0.250. The number of aryl methyl sites for hydroxylation is 1. The van der Waals surface area contributed by atoms with Crippen molar-refractivity contribution in [1.29, 1.82) is 0 Å². The summed E-state index contributed by atoms with van der Waals surface area (Å²) in [6.07, 6.45) is -4.87. The van der Waals surface area contributed by atoms with Gasteiger partial charge in [0.1, 0.15) is 10.8 Å². The molecule has 182 valence electrons. The minimum Gasteiger partial charge on any atom is -0.503 e. The highest BCUT2D eigenvalue weighted by molar-refractivity contribution is 7.15. The number of ether oxygens (including phenoxy) is 1. The third-order valence-electron chi connectivity index (χ3n) is 5.44. The minimum absolute atomic E-state index is 0.137. The molecule has 11 heteroatoms. The quantitative estimate of drug-likeness (QED) is 0.437. The van der Waals surface area contributed by atoms with Gasteiger partial charge in [0.2, 0.25) is 5.13 Å². The van der Waals surface area contributed by atoms with E-state index in [2.05, 4.69) is 14.9 Å². The van der Waals surface area contributed by atoms with Gasteiger partial charge in [-0.25, -0.2) is 0 Å². The summed E-state index contributed by atoms with van der Waals surface area (Å²) in [6.45, 7) is 5.69. The molecule has 1 unspecified atom stereocenters. The van der Waals surface area contributed by atoms with Crippen LogP contribution < -0.4 is 9.64 Å². The van der Waals surface area contributed by atoms with E-state index in [4.69, 9.17) is 0 Å². The molecule has 1 atom stereocenters. The molecule has 0 radical (unpaired) electrons. The molecule has 0 saturated carbocycles. The molecule has 2 aromatic carbocycles. The zero-order valence-electron chi connectivity index (χ0n) is 18.8. The van der Waals surface area contributed by atoms with E-state index in [9.17, 15) is 27.9 Å². The van der Waals surface area contributed by atoms with Gasteiger partial charge in [0.25, 0.3) is 5.91 Å². The molecule has 7 nitrogen and oxygen atoms in total. The Morgan fingerprint density at radius 1 is 1.09 bits per heavy atom. The molecule has 0 bridgehead atoms. The second-order valence-corrected chi connectivity index (χ2v) is 9.33. The summed E-state index contributed by atoms with van der Waals surface area (Å²) in [5, 5.41) is 19.3. The van der Waals surface area contributed by atoms with Gasteiger partial charge in [-0.2, -0.15) is 0 Å². The fourth-order valence-electron chi connectivity index (χ4n) is 3.76. The molecule has 2 heterocycles. The van der Waals surface area contributed by atoms with Crippen molar-refractivity contribution in [3.05, 3.63) is 81.6 Å². The van der Waals surface area contributed by atoms with Gasteiger partial charge in [-0.3, -0.25) is 14.5 Å². The molecule has 1 N–H and O–H groups in total. The molecule has 1 aromatic heterocycles. The number of aliphatic hydroxyl groups is 1. The monoisotopic (exact) mass is 503 g/mol. The van der Waals surface area contributed by atoms with E-state index in [-0.39, 0.29) is 27.7 Å². The Bertz CT molecular complexity index is 1300.